The molecule has 2 N–H and O–H groups in total. The van der Waals surface area contributed by atoms with Gasteiger partial charge in [0.1, 0.15) is 5.82 Å². The van der Waals surface area contributed by atoms with E-state index >= 15 is 0 Å². The molecule has 1 saturated heterocycles. The summed E-state index contributed by atoms with van der Waals surface area (Å²) in [5.41, 5.74) is 0.685. The van der Waals surface area contributed by atoms with E-state index in [1.165, 1.54) is 18.9 Å². The largest absolute Gasteiger partial charge is 0.307 e. The highest BCUT2D eigenvalue weighted by Gasteiger charge is 2.17. The number of piperidine rings is 1. The highest BCUT2D eigenvalue weighted by Crippen LogP contribution is 2.20. The van der Waals surface area contributed by atoms with E-state index in [2.05, 4.69) is 15.4 Å². The molecule has 1 aliphatic rings. The normalized spacial score (nSPS) is 21.4. The summed E-state index contributed by atoms with van der Waals surface area (Å²) in [6, 6.07) is 3.37. The first-order valence-electron chi connectivity index (χ1n) is 5.65. The van der Waals surface area contributed by atoms with Gasteiger partial charge in [-0.1, -0.05) is 6.42 Å². The Morgan fingerprint density at radius 2 is 2.38 bits per heavy atom. The van der Waals surface area contributed by atoms with Gasteiger partial charge in [0.05, 0.1) is 6.04 Å². The standard InChI is InChI=1S/C11H14N4O/c16-8-4-6-15-10(7-8)13-11(14-15)9-3-1-2-5-12-9/h4,6-7,9,12H,1-3,5H2,(H,13,14). The molecular formula is C11H14N4O. The molecule has 84 valence electrons. The number of hydrogen-bond donors (Lipinski definition) is 2. The fourth-order valence-corrected chi connectivity index (χ4v) is 2.16. The number of aromatic amines is 1. The molecule has 3 heterocycles. The van der Waals surface area contributed by atoms with Crippen molar-refractivity contribution in [3.05, 3.63) is 34.4 Å². The van der Waals surface area contributed by atoms with Crippen LogP contribution < -0.4 is 10.7 Å². The van der Waals surface area contributed by atoms with Gasteiger partial charge in [-0.15, -0.1) is 0 Å². The van der Waals surface area contributed by atoms with Crippen LogP contribution in [-0.2, 0) is 0 Å². The van der Waals surface area contributed by atoms with Crippen molar-refractivity contribution in [1.29, 1.82) is 0 Å². The van der Waals surface area contributed by atoms with E-state index in [1.54, 1.807) is 16.8 Å². The monoisotopic (exact) mass is 218 g/mol. The van der Waals surface area contributed by atoms with Crippen molar-refractivity contribution in [3.8, 4) is 0 Å². The van der Waals surface area contributed by atoms with Crippen LogP contribution in [0.5, 0.6) is 0 Å². The van der Waals surface area contributed by atoms with E-state index in [4.69, 9.17) is 0 Å². The number of hydrogen-bond acceptors (Lipinski definition) is 3. The molecule has 0 aromatic carbocycles. The zero-order chi connectivity index (χ0) is 11.0. The molecule has 0 spiro atoms. The number of H-pyrrole nitrogens is 1. The molecule has 3 rings (SSSR count). The number of rotatable bonds is 1. The van der Waals surface area contributed by atoms with E-state index in [0.717, 1.165) is 18.8 Å². The lowest BCUT2D eigenvalue weighted by Crippen LogP contribution is -2.27. The Morgan fingerprint density at radius 3 is 3.19 bits per heavy atom. The molecule has 1 atom stereocenters. The zero-order valence-electron chi connectivity index (χ0n) is 8.94. The molecule has 0 amide bonds. The average molecular weight is 218 g/mol. The molecule has 0 aliphatic carbocycles. The summed E-state index contributed by atoms with van der Waals surface area (Å²) >= 11 is 0. The van der Waals surface area contributed by atoms with Crippen molar-refractivity contribution < 1.29 is 0 Å². The first-order chi connectivity index (χ1) is 7.83. The van der Waals surface area contributed by atoms with Gasteiger partial charge in [-0.05, 0) is 19.4 Å². The van der Waals surface area contributed by atoms with Gasteiger partial charge in [-0.3, -0.25) is 9.89 Å². The minimum absolute atomic E-state index is 0.00495. The van der Waals surface area contributed by atoms with Crippen molar-refractivity contribution in [2.24, 2.45) is 0 Å². The van der Waals surface area contributed by atoms with E-state index in [9.17, 15) is 4.79 Å². The molecule has 5 nitrogen and oxygen atoms in total. The van der Waals surface area contributed by atoms with Crippen LogP contribution in [0, 0.1) is 0 Å². The van der Waals surface area contributed by atoms with Crippen molar-refractivity contribution in [2.75, 3.05) is 6.54 Å². The second kappa shape index (κ2) is 3.75. The summed E-state index contributed by atoms with van der Waals surface area (Å²) in [6.07, 6.45) is 5.28. The minimum atomic E-state index is -0.00495. The summed E-state index contributed by atoms with van der Waals surface area (Å²) in [6.45, 7) is 1.04. The lowest BCUT2D eigenvalue weighted by molar-refractivity contribution is 0.397. The summed E-state index contributed by atoms with van der Waals surface area (Å²) in [5.74, 6) is 0.922. The highest BCUT2D eigenvalue weighted by molar-refractivity contribution is 5.36. The van der Waals surface area contributed by atoms with Crippen LogP contribution in [-0.4, -0.2) is 21.1 Å². The summed E-state index contributed by atoms with van der Waals surface area (Å²) in [7, 11) is 0. The molecule has 0 bridgehead atoms. The van der Waals surface area contributed by atoms with Crippen LogP contribution in [0.15, 0.2) is 23.1 Å². The smallest absolute Gasteiger partial charge is 0.183 e. The number of nitrogens with zero attached hydrogens (tertiary/aromatic N) is 2. The van der Waals surface area contributed by atoms with Crippen molar-refractivity contribution >= 4 is 5.65 Å². The number of fused-ring (bicyclic) bond motifs is 1. The predicted molar refractivity (Wildman–Crippen MR) is 60.4 cm³/mol. The lowest BCUT2D eigenvalue weighted by Gasteiger charge is -2.20. The Hall–Kier alpha value is -1.62. The predicted octanol–water partition coefficient (Wildman–Crippen LogP) is 0.837. The van der Waals surface area contributed by atoms with Crippen LogP contribution in [0.2, 0.25) is 0 Å². The van der Waals surface area contributed by atoms with Crippen LogP contribution in [0.4, 0.5) is 0 Å². The van der Waals surface area contributed by atoms with E-state index in [-0.39, 0.29) is 5.43 Å². The molecule has 1 aliphatic heterocycles. The molecule has 16 heavy (non-hydrogen) atoms. The van der Waals surface area contributed by atoms with E-state index in [0.29, 0.717) is 11.7 Å². The molecule has 1 unspecified atom stereocenters. The van der Waals surface area contributed by atoms with E-state index < -0.39 is 0 Å². The third kappa shape index (κ3) is 1.63. The number of nitrogens with one attached hydrogen (secondary N) is 2. The molecule has 5 heteroatoms. The Bertz CT molecular complexity index is 550. The van der Waals surface area contributed by atoms with Gasteiger partial charge >= 0.3 is 0 Å². The third-order valence-corrected chi connectivity index (χ3v) is 3.02. The molecule has 0 radical (unpaired) electrons. The maximum absolute atomic E-state index is 11.2. The van der Waals surface area contributed by atoms with E-state index in [1.807, 2.05) is 0 Å². The van der Waals surface area contributed by atoms with Crippen LogP contribution in [0.1, 0.15) is 31.1 Å². The Kier molecular flexibility index (Phi) is 2.25. The SMILES string of the molecule is O=c1ccn2[nH]c(C3CCCCN3)nc2c1. The summed E-state index contributed by atoms with van der Waals surface area (Å²) in [4.78, 5) is 15.6. The van der Waals surface area contributed by atoms with Crippen LogP contribution in [0.3, 0.4) is 0 Å². The average Bonchev–Trinajstić information content (AvgIpc) is 2.73. The first kappa shape index (κ1) is 9.59. The summed E-state index contributed by atoms with van der Waals surface area (Å²) in [5, 5.41) is 6.62. The fraction of sp³-hybridized carbons (Fsp3) is 0.455. The first-order valence-corrected chi connectivity index (χ1v) is 5.65. The molecule has 1 fully saturated rings. The second-order valence-electron chi connectivity index (χ2n) is 4.20. The van der Waals surface area contributed by atoms with Crippen molar-refractivity contribution in [2.45, 2.75) is 25.3 Å². The fourth-order valence-electron chi connectivity index (χ4n) is 2.16. The highest BCUT2D eigenvalue weighted by atomic mass is 16.1. The lowest BCUT2D eigenvalue weighted by atomic mass is 10.0. The Balaban J connectivity index is 2.00. The molecule has 2 aromatic rings. The van der Waals surface area contributed by atoms with Crippen LogP contribution >= 0.6 is 0 Å². The second-order valence-corrected chi connectivity index (χ2v) is 4.20. The number of aromatic nitrogens is 3. The molecular weight excluding hydrogens is 204 g/mol. The quantitative estimate of drug-likeness (QED) is 0.745. The Morgan fingerprint density at radius 1 is 1.44 bits per heavy atom. The van der Waals surface area contributed by atoms with Gasteiger partial charge in [-0.2, -0.15) is 0 Å². The van der Waals surface area contributed by atoms with Gasteiger partial charge in [0.25, 0.3) is 0 Å². The summed E-state index contributed by atoms with van der Waals surface area (Å²) < 4.78 is 1.78. The van der Waals surface area contributed by atoms with Gasteiger partial charge in [0.15, 0.2) is 11.1 Å². The van der Waals surface area contributed by atoms with Crippen LogP contribution in [0.25, 0.3) is 5.65 Å². The third-order valence-electron chi connectivity index (χ3n) is 3.02. The topological polar surface area (TPSA) is 62.2 Å². The van der Waals surface area contributed by atoms with Gasteiger partial charge in [-0.25, -0.2) is 9.50 Å². The maximum Gasteiger partial charge on any atom is 0.183 e. The molecule has 0 saturated carbocycles. The zero-order valence-corrected chi connectivity index (χ0v) is 8.94. The minimum Gasteiger partial charge on any atom is -0.307 e. The van der Waals surface area contributed by atoms with Crippen molar-refractivity contribution in [3.63, 3.8) is 0 Å². The Labute approximate surface area is 92.5 Å². The van der Waals surface area contributed by atoms with Gasteiger partial charge < -0.3 is 5.32 Å². The van der Waals surface area contributed by atoms with Crippen molar-refractivity contribution in [1.82, 2.24) is 19.9 Å². The number of pyridine rings is 1. The molecule has 2 aromatic heterocycles. The van der Waals surface area contributed by atoms with Gasteiger partial charge in [0, 0.05) is 18.3 Å². The van der Waals surface area contributed by atoms with Gasteiger partial charge in [0.2, 0.25) is 0 Å². The maximum atomic E-state index is 11.2.